The van der Waals surface area contributed by atoms with E-state index in [2.05, 4.69) is 35.1 Å². The van der Waals surface area contributed by atoms with Gasteiger partial charge in [-0.25, -0.2) is 0 Å². The van der Waals surface area contributed by atoms with Gasteiger partial charge < -0.3 is 9.73 Å². The molecule has 0 spiro atoms. The van der Waals surface area contributed by atoms with Gasteiger partial charge in [-0.3, -0.25) is 0 Å². The zero-order valence-electron chi connectivity index (χ0n) is 9.01. The fraction of sp³-hybridized carbons (Fsp3) is 0.636. The Morgan fingerprint density at radius 1 is 1.50 bits per heavy atom. The standard InChI is InChI=1S/C11H18BrNO/c1-4-8(2)7-9(13-3)10-5-6-11(12)14-10/h5-6,8-9,13H,4,7H2,1-3H3. The second-order valence-electron chi connectivity index (χ2n) is 3.73. The molecule has 1 aromatic heterocycles. The van der Waals surface area contributed by atoms with Crippen LogP contribution in [0.15, 0.2) is 21.2 Å². The first-order valence-corrected chi connectivity index (χ1v) is 5.89. The van der Waals surface area contributed by atoms with Gasteiger partial charge in [0.05, 0.1) is 6.04 Å². The summed E-state index contributed by atoms with van der Waals surface area (Å²) in [4.78, 5) is 0. The molecule has 0 fully saturated rings. The van der Waals surface area contributed by atoms with Crippen molar-refractivity contribution >= 4 is 15.9 Å². The van der Waals surface area contributed by atoms with Gasteiger partial charge in [-0.1, -0.05) is 20.3 Å². The first-order chi connectivity index (χ1) is 6.67. The third kappa shape index (κ3) is 3.14. The van der Waals surface area contributed by atoms with E-state index in [1.165, 1.54) is 6.42 Å². The van der Waals surface area contributed by atoms with Crippen LogP contribution in [0.1, 0.15) is 38.5 Å². The molecule has 0 aliphatic heterocycles. The minimum atomic E-state index is 0.330. The average molecular weight is 260 g/mol. The van der Waals surface area contributed by atoms with E-state index in [0.29, 0.717) is 6.04 Å². The number of hydrogen-bond acceptors (Lipinski definition) is 2. The Kier molecular flexibility index (Phi) is 4.69. The van der Waals surface area contributed by atoms with Crippen LogP contribution in [-0.4, -0.2) is 7.05 Å². The van der Waals surface area contributed by atoms with E-state index in [4.69, 9.17) is 4.42 Å². The third-order valence-electron chi connectivity index (χ3n) is 2.62. The molecule has 0 saturated carbocycles. The van der Waals surface area contributed by atoms with Crippen molar-refractivity contribution < 1.29 is 4.42 Å². The predicted octanol–water partition coefficient (Wildman–Crippen LogP) is 3.74. The van der Waals surface area contributed by atoms with Crippen molar-refractivity contribution in [3.63, 3.8) is 0 Å². The maximum absolute atomic E-state index is 5.54. The molecule has 14 heavy (non-hydrogen) atoms. The fourth-order valence-corrected chi connectivity index (χ4v) is 1.78. The predicted molar refractivity (Wildman–Crippen MR) is 62.3 cm³/mol. The van der Waals surface area contributed by atoms with E-state index in [0.717, 1.165) is 22.8 Å². The van der Waals surface area contributed by atoms with Crippen LogP contribution < -0.4 is 5.32 Å². The number of nitrogens with one attached hydrogen (secondary N) is 1. The van der Waals surface area contributed by atoms with Gasteiger partial charge >= 0.3 is 0 Å². The van der Waals surface area contributed by atoms with Gasteiger partial charge in [0.25, 0.3) is 0 Å². The van der Waals surface area contributed by atoms with Crippen LogP contribution in [-0.2, 0) is 0 Å². The first kappa shape index (κ1) is 11.8. The number of furan rings is 1. The zero-order valence-corrected chi connectivity index (χ0v) is 10.6. The van der Waals surface area contributed by atoms with E-state index < -0.39 is 0 Å². The SMILES string of the molecule is CCC(C)CC(NC)c1ccc(Br)o1. The van der Waals surface area contributed by atoms with Gasteiger partial charge in [-0.15, -0.1) is 0 Å². The van der Waals surface area contributed by atoms with Gasteiger partial charge in [-0.05, 0) is 47.4 Å². The van der Waals surface area contributed by atoms with Gasteiger partial charge in [0.2, 0.25) is 0 Å². The molecule has 0 bridgehead atoms. The largest absolute Gasteiger partial charge is 0.453 e. The molecule has 2 nitrogen and oxygen atoms in total. The van der Waals surface area contributed by atoms with Gasteiger partial charge in [0.15, 0.2) is 4.67 Å². The van der Waals surface area contributed by atoms with Gasteiger partial charge in [-0.2, -0.15) is 0 Å². The highest BCUT2D eigenvalue weighted by molar-refractivity contribution is 9.10. The van der Waals surface area contributed by atoms with Crippen molar-refractivity contribution in [1.29, 1.82) is 0 Å². The van der Waals surface area contributed by atoms with Gasteiger partial charge in [0.1, 0.15) is 5.76 Å². The van der Waals surface area contributed by atoms with Crippen LogP contribution in [0.2, 0.25) is 0 Å². The van der Waals surface area contributed by atoms with E-state index in [1.54, 1.807) is 0 Å². The molecule has 0 aliphatic rings. The molecule has 0 aromatic carbocycles. The summed E-state index contributed by atoms with van der Waals surface area (Å²) in [6, 6.07) is 4.29. The van der Waals surface area contributed by atoms with E-state index >= 15 is 0 Å². The van der Waals surface area contributed by atoms with Crippen molar-refractivity contribution in [1.82, 2.24) is 5.32 Å². The Labute approximate surface area is 94.2 Å². The maximum atomic E-state index is 5.54. The molecule has 80 valence electrons. The third-order valence-corrected chi connectivity index (χ3v) is 3.05. The number of halogens is 1. The summed E-state index contributed by atoms with van der Waals surface area (Å²) in [5.74, 6) is 1.73. The lowest BCUT2D eigenvalue weighted by Crippen LogP contribution is -2.18. The second-order valence-corrected chi connectivity index (χ2v) is 4.51. The van der Waals surface area contributed by atoms with Gasteiger partial charge in [0, 0.05) is 0 Å². The summed E-state index contributed by atoms with van der Waals surface area (Å²) >= 11 is 3.32. The molecular weight excluding hydrogens is 242 g/mol. The molecule has 0 radical (unpaired) electrons. The fourth-order valence-electron chi connectivity index (χ4n) is 1.46. The van der Waals surface area contributed by atoms with E-state index in [-0.39, 0.29) is 0 Å². The molecule has 2 unspecified atom stereocenters. The second kappa shape index (κ2) is 5.56. The van der Waals surface area contributed by atoms with E-state index in [9.17, 15) is 0 Å². The van der Waals surface area contributed by atoms with Crippen molar-refractivity contribution in [2.24, 2.45) is 5.92 Å². The first-order valence-electron chi connectivity index (χ1n) is 5.09. The quantitative estimate of drug-likeness (QED) is 0.872. The molecule has 1 N–H and O–H groups in total. The van der Waals surface area contributed by atoms with Crippen LogP contribution in [0, 0.1) is 5.92 Å². The summed E-state index contributed by atoms with van der Waals surface area (Å²) in [5.41, 5.74) is 0. The molecule has 1 heterocycles. The summed E-state index contributed by atoms with van der Waals surface area (Å²) in [6.07, 6.45) is 2.33. The van der Waals surface area contributed by atoms with Crippen molar-refractivity contribution in [3.05, 3.63) is 22.6 Å². The van der Waals surface area contributed by atoms with Crippen molar-refractivity contribution in [2.45, 2.75) is 32.7 Å². The van der Waals surface area contributed by atoms with Crippen molar-refractivity contribution in [3.8, 4) is 0 Å². The Morgan fingerprint density at radius 2 is 2.21 bits per heavy atom. The smallest absolute Gasteiger partial charge is 0.169 e. The normalized spacial score (nSPS) is 15.4. The van der Waals surface area contributed by atoms with E-state index in [1.807, 2.05) is 19.2 Å². The van der Waals surface area contributed by atoms with Crippen LogP contribution in [0.3, 0.4) is 0 Å². The molecule has 0 saturated heterocycles. The highest BCUT2D eigenvalue weighted by Gasteiger charge is 2.15. The maximum Gasteiger partial charge on any atom is 0.169 e. The Morgan fingerprint density at radius 3 is 2.64 bits per heavy atom. The molecular formula is C11H18BrNO. The Bertz CT molecular complexity index is 272. The number of hydrogen-bond donors (Lipinski definition) is 1. The molecule has 3 heteroatoms. The Balaban J connectivity index is 2.62. The van der Waals surface area contributed by atoms with Crippen LogP contribution in [0.25, 0.3) is 0 Å². The zero-order chi connectivity index (χ0) is 10.6. The summed E-state index contributed by atoms with van der Waals surface area (Å²) < 4.78 is 6.34. The minimum Gasteiger partial charge on any atom is -0.453 e. The number of rotatable bonds is 5. The van der Waals surface area contributed by atoms with Crippen LogP contribution in [0.5, 0.6) is 0 Å². The average Bonchev–Trinajstić information content (AvgIpc) is 2.60. The lowest BCUT2D eigenvalue weighted by atomic mass is 9.98. The highest BCUT2D eigenvalue weighted by Crippen LogP contribution is 2.26. The molecule has 0 amide bonds. The Hall–Kier alpha value is -0.280. The monoisotopic (exact) mass is 259 g/mol. The highest BCUT2D eigenvalue weighted by atomic mass is 79.9. The van der Waals surface area contributed by atoms with Crippen LogP contribution >= 0.6 is 15.9 Å². The summed E-state index contributed by atoms with van der Waals surface area (Å²) in [5, 5.41) is 3.28. The molecule has 0 aliphatic carbocycles. The lowest BCUT2D eigenvalue weighted by molar-refractivity contribution is 0.356. The summed E-state index contributed by atoms with van der Waals surface area (Å²) in [7, 11) is 1.98. The molecule has 1 rings (SSSR count). The van der Waals surface area contributed by atoms with Crippen LogP contribution in [0.4, 0.5) is 0 Å². The lowest BCUT2D eigenvalue weighted by Gasteiger charge is -2.17. The van der Waals surface area contributed by atoms with Crippen molar-refractivity contribution in [2.75, 3.05) is 7.05 Å². The minimum absolute atomic E-state index is 0.330. The molecule has 1 aromatic rings. The topological polar surface area (TPSA) is 25.2 Å². The molecule has 2 atom stereocenters. The summed E-state index contributed by atoms with van der Waals surface area (Å²) in [6.45, 7) is 4.48.